The van der Waals surface area contributed by atoms with Crippen LogP contribution in [0.25, 0.3) is 0 Å². The van der Waals surface area contributed by atoms with E-state index in [1.807, 2.05) is 24.3 Å². The van der Waals surface area contributed by atoms with Crippen LogP contribution in [0.3, 0.4) is 0 Å². The molecule has 1 N–H and O–H groups in total. The van der Waals surface area contributed by atoms with Crippen molar-refractivity contribution >= 4 is 11.8 Å². The first kappa shape index (κ1) is 15.4. The summed E-state index contributed by atoms with van der Waals surface area (Å²) in [7, 11) is 1.63. The van der Waals surface area contributed by atoms with Crippen LogP contribution >= 0.6 is 11.8 Å². The van der Waals surface area contributed by atoms with Crippen molar-refractivity contribution in [3.05, 3.63) is 40.3 Å². The highest BCUT2D eigenvalue weighted by Crippen LogP contribution is 2.17. The Labute approximate surface area is 126 Å². The molecule has 0 radical (unpaired) electrons. The topological polar surface area (TPSA) is 77.1 Å². The number of nitrogens with one attached hydrogen (secondary N) is 1. The zero-order valence-electron chi connectivity index (χ0n) is 12.0. The van der Waals surface area contributed by atoms with E-state index in [1.54, 1.807) is 14.0 Å². The van der Waals surface area contributed by atoms with E-state index in [1.165, 1.54) is 11.8 Å². The Kier molecular flexibility index (Phi) is 5.62. The third kappa shape index (κ3) is 4.78. The lowest BCUT2D eigenvalue weighted by Gasteiger charge is -2.06. The minimum atomic E-state index is -0.193. The van der Waals surface area contributed by atoms with Gasteiger partial charge in [-0.05, 0) is 37.6 Å². The van der Waals surface area contributed by atoms with Crippen molar-refractivity contribution in [2.75, 3.05) is 19.5 Å². The molecule has 0 saturated carbocycles. The maximum absolute atomic E-state index is 11.4. The van der Waals surface area contributed by atoms with Gasteiger partial charge in [0.1, 0.15) is 17.2 Å². The molecule has 0 saturated heterocycles. The number of aromatic nitrogens is 3. The summed E-state index contributed by atoms with van der Waals surface area (Å²) in [6.45, 7) is 2.23. The monoisotopic (exact) mass is 307 g/mol. The molecule has 1 aromatic heterocycles. The van der Waals surface area contributed by atoms with E-state index in [4.69, 9.17) is 9.47 Å². The number of H-pyrrole nitrogens is 1. The van der Waals surface area contributed by atoms with E-state index in [-0.39, 0.29) is 5.56 Å². The molecule has 0 unspecified atom stereocenters. The van der Waals surface area contributed by atoms with Gasteiger partial charge in [0.25, 0.3) is 5.56 Å². The minimum absolute atomic E-state index is 0.193. The number of aryl methyl sites for hydroxylation is 1. The number of hydrogen-bond donors (Lipinski definition) is 1. The van der Waals surface area contributed by atoms with Crippen LogP contribution in [0.15, 0.2) is 34.2 Å². The zero-order chi connectivity index (χ0) is 15.1. The normalized spacial score (nSPS) is 10.4. The first-order valence-corrected chi connectivity index (χ1v) is 7.51. The Bertz CT molecular complexity index is 628. The number of rotatable bonds is 7. The van der Waals surface area contributed by atoms with Crippen molar-refractivity contribution in [2.24, 2.45) is 0 Å². The Hall–Kier alpha value is -2.02. The van der Waals surface area contributed by atoms with Crippen molar-refractivity contribution in [1.29, 1.82) is 0 Å². The first-order valence-electron chi connectivity index (χ1n) is 6.52. The van der Waals surface area contributed by atoms with E-state index in [2.05, 4.69) is 15.2 Å². The molecule has 0 aliphatic heterocycles. The maximum Gasteiger partial charge on any atom is 0.273 e. The summed E-state index contributed by atoms with van der Waals surface area (Å²) >= 11 is 1.46. The average Bonchev–Trinajstić information content (AvgIpc) is 2.51. The Balaban J connectivity index is 1.69. The van der Waals surface area contributed by atoms with Crippen molar-refractivity contribution in [2.45, 2.75) is 18.5 Å². The van der Waals surface area contributed by atoms with Gasteiger partial charge in [-0.3, -0.25) is 9.78 Å². The van der Waals surface area contributed by atoms with Gasteiger partial charge in [-0.1, -0.05) is 11.8 Å². The summed E-state index contributed by atoms with van der Waals surface area (Å²) in [5.74, 6) is 2.41. The molecule has 0 amide bonds. The van der Waals surface area contributed by atoms with E-state index < -0.39 is 0 Å². The molecule has 0 fully saturated rings. The van der Waals surface area contributed by atoms with Gasteiger partial charge in [-0.15, -0.1) is 10.2 Å². The van der Waals surface area contributed by atoms with Crippen molar-refractivity contribution in [3.8, 4) is 11.5 Å². The second-order valence-corrected chi connectivity index (χ2v) is 5.35. The highest BCUT2D eigenvalue weighted by molar-refractivity contribution is 7.99. The molecule has 6 nitrogen and oxygen atoms in total. The lowest BCUT2D eigenvalue weighted by molar-refractivity contribution is 0.318. The van der Waals surface area contributed by atoms with Gasteiger partial charge in [-0.25, -0.2) is 0 Å². The first-order chi connectivity index (χ1) is 10.2. The fourth-order valence-corrected chi connectivity index (χ4v) is 2.25. The Morgan fingerprint density at radius 1 is 1.19 bits per heavy atom. The molecule has 7 heteroatoms. The van der Waals surface area contributed by atoms with Gasteiger partial charge in [-0.2, -0.15) is 0 Å². The van der Waals surface area contributed by atoms with Gasteiger partial charge in [0.2, 0.25) is 0 Å². The van der Waals surface area contributed by atoms with Crippen LogP contribution in [-0.4, -0.2) is 34.7 Å². The lowest BCUT2D eigenvalue weighted by atomic mass is 10.3. The summed E-state index contributed by atoms with van der Waals surface area (Å²) in [5, 5.41) is 8.24. The summed E-state index contributed by atoms with van der Waals surface area (Å²) in [6.07, 6.45) is 0.842. The van der Waals surface area contributed by atoms with Crippen molar-refractivity contribution in [1.82, 2.24) is 15.2 Å². The van der Waals surface area contributed by atoms with Crippen LogP contribution in [0.2, 0.25) is 0 Å². The van der Waals surface area contributed by atoms with E-state index in [0.717, 1.165) is 23.7 Å². The Morgan fingerprint density at radius 2 is 1.90 bits per heavy atom. The third-order valence-corrected chi connectivity index (χ3v) is 3.65. The molecule has 0 aliphatic rings. The number of thioether (sulfide) groups is 1. The van der Waals surface area contributed by atoms with Crippen LogP contribution in [0.1, 0.15) is 12.1 Å². The van der Waals surface area contributed by atoms with Gasteiger partial charge in [0.15, 0.2) is 5.16 Å². The quantitative estimate of drug-likeness (QED) is 0.623. The fraction of sp³-hybridized carbons (Fsp3) is 0.357. The molecule has 0 spiro atoms. The minimum Gasteiger partial charge on any atom is -0.497 e. The molecule has 0 bridgehead atoms. The van der Waals surface area contributed by atoms with Gasteiger partial charge in [0, 0.05) is 5.75 Å². The van der Waals surface area contributed by atoms with E-state index in [9.17, 15) is 4.79 Å². The smallest absolute Gasteiger partial charge is 0.273 e. The van der Waals surface area contributed by atoms with Crippen molar-refractivity contribution < 1.29 is 9.47 Å². The van der Waals surface area contributed by atoms with Crippen LogP contribution < -0.4 is 15.0 Å². The van der Waals surface area contributed by atoms with Gasteiger partial charge in [0.05, 0.1) is 13.7 Å². The number of nitrogens with zero attached hydrogens (tertiary/aromatic N) is 2. The number of benzene rings is 1. The number of ether oxygens (including phenoxy) is 2. The summed E-state index contributed by atoms with van der Waals surface area (Å²) in [4.78, 5) is 14.0. The molecule has 21 heavy (non-hydrogen) atoms. The number of hydrogen-bond acceptors (Lipinski definition) is 6. The molecule has 112 valence electrons. The second kappa shape index (κ2) is 7.68. The molecule has 0 aliphatic carbocycles. The van der Waals surface area contributed by atoms with E-state index in [0.29, 0.717) is 17.5 Å². The summed E-state index contributed by atoms with van der Waals surface area (Å²) < 4.78 is 10.7. The van der Waals surface area contributed by atoms with Crippen LogP contribution in [-0.2, 0) is 0 Å². The zero-order valence-corrected chi connectivity index (χ0v) is 12.8. The largest absolute Gasteiger partial charge is 0.497 e. The molecule has 2 aromatic rings. The summed E-state index contributed by atoms with van der Waals surface area (Å²) in [5.41, 5.74) is 0.184. The third-order valence-electron chi connectivity index (χ3n) is 2.70. The molecule has 2 rings (SSSR count). The van der Waals surface area contributed by atoms with E-state index >= 15 is 0 Å². The molecule has 1 heterocycles. The fourth-order valence-electron chi connectivity index (χ4n) is 1.53. The van der Waals surface area contributed by atoms with Crippen LogP contribution in [0.4, 0.5) is 0 Å². The summed E-state index contributed by atoms with van der Waals surface area (Å²) in [6, 6.07) is 7.46. The van der Waals surface area contributed by atoms with Gasteiger partial charge >= 0.3 is 0 Å². The highest BCUT2D eigenvalue weighted by atomic mass is 32.2. The Morgan fingerprint density at radius 3 is 2.57 bits per heavy atom. The van der Waals surface area contributed by atoms with Crippen LogP contribution in [0, 0.1) is 6.92 Å². The second-order valence-electron chi connectivity index (χ2n) is 4.27. The lowest BCUT2D eigenvalue weighted by Crippen LogP contribution is -2.14. The highest BCUT2D eigenvalue weighted by Gasteiger charge is 2.01. The number of methoxy groups -OCH3 is 1. The van der Waals surface area contributed by atoms with Gasteiger partial charge < -0.3 is 9.47 Å². The average molecular weight is 307 g/mol. The standard InChI is InChI=1S/C14H17N3O3S/c1-10-13(18)15-14(17-16-10)21-9-3-8-20-12-6-4-11(19-2)5-7-12/h4-7H,3,8-9H2,1-2H3,(H,15,17,18). The molecular formula is C14H17N3O3S. The maximum atomic E-state index is 11.4. The van der Waals surface area contributed by atoms with Crippen LogP contribution in [0.5, 0.6) is 11.5 Å². The molecule has 1 aromatic carbocycles. The predicted octanol–water partition coefficient (Wildman–Crippen LogP) is 2.04. The SMILES string of the molecule is COc1ccc(OCCCSc2nnc(C)c(=O)[nH]2)cc1. The molecule has 0 atom stereocenters. The number of aromatic amines is 1. The van der Waals surface area contributed by atoms with Crippen molar-refractivity contribution in [3.63, 3.8) is 0 Å². The predicted molar refractivity (Wildman–Crippen MR) is 81.2 cm³/mol. The molecular weight excluding hydrogens is 290 g/mol.